The van der Waals surface area contributed by atoms with Crippen LogP contribution in [0.4, 0.5) is 5.82 Å². The van der Waals surface area contributed by atoms with Crippen LogP contribution in [-0.2, 0) is 6.54 Å². The van der Waals surface area contributed by atoms with E-state index in [0.29, 0.717) is 12.6 Å². The van der Waals surface area contributed by atoms with E-state index in [1.54, 1.807) is 0 Å². The number of piperidine rings is 1. The summed E-state index contributed by atoms with van der Waals surface area (Å²) in [5.41, 5.74) is 6.97. The molecule has 1 aromatic carbocycles. The van der Waals surface area contributed by atoms with E-state index in [1.165, 1.54) is 42.4 Å². The summed E-state index contributed by atoms with van der Waals surface area (Å²) in [5.74, 6) is 2.06. The Balaban J connectivity index is 1.86. The fourth-order valence-corrected chi connectivity index (χ4v) is 3.81. The highest BCUT2D eigenvalue weighted by Gasteiger charge is 2.38. The summed E-state index contributed by atoms with van der Waals surface area (Å²) in [6.07, 6.45) is 6.05. The topological polar surface area (TPSA) is 42.1 Å². The lowest BCUT2D eigenvalue weighted by molar-refractivity contribution is 0.551. The quantitative estimate of drug-likeness (QED) is 0.894. The normalized spacial score (nSPS) is 25.4. The summed E-state index contributed by atoms with van der Waals surface area (Å²) in [4.78, 5) is 7.25. The van der Waals surface area contributed by atoms with Crippen LogP contribution in [0.15, 0.2) is 30.5 Å². The van der Waals surface area contributed by atoms with Gasteiger partial charge in [-0.15, -0.1) is 0 Å². The number of hydrogen-bond acceptors (Lipinski definition) is 3. The van der Waals surface area contributed by atoms with Crippen LogP contribution in [0, 0.1) is 5.92 Å². The maximum absolute atomic E-state index is 5.83. The molecule has 0 spiro atoms. The molecule has 3 nitrogen and oxygen atoms in total. The average molecular weight is 253 g/mol. The second-order valence-electron chi connectivity index (χ2n) is 5.84. The maximum Gasteiger partial charge on any atom is 0.136 e. The zero-order chi connectivity index (χ0) is 12.8. The molecule has 1 aliphatic heterocycles. The van der Waals surface area contributed by atoms with E-state index in [2.05, 4.69) is 29.2 Å². The molecule has 4 rings (SSSR count). The fourth-order valence-electron chi connectivity index (χ4n) is 3.81. The summed E-state index contributed by atoms with van der Waals surface area (Å²) in [5, 5.41) is 2.52. The lowest BCUT2D eigenvalue weighted by Gasteiger charge is -2.29. The summed E-state index contributed by atoms with van der Waals surface area (Å²) in [7, 11) is 0. The van der Waals surface area contributed by atoms with Gasteiger partial charge in [0.25, 0.3) is 0 Å². The molecule has 2 fully saturated rings. The molecular formula is C16H19N3. The van der Waals surface area contributed by atoms with Gasteiger partial charge < -0.3 is 10.6 Å². The predicted molar refractivity (Wildman–Crippen MR) is 78.1 cm³/mol. The first-order valence-electron chi connectivity index (χ1n) is 7.20. The molecule has 0 radical (unpaired) electrons. The van der Waals surface area contributed by atoms with Crippen LogP contribution >= 0.6 is 0 Å². The zero-order valence-electron chi connectivity index (χ0n) is 11.0. The van der Waals surface area contributed by atoms with Crippen molar-refractivity contribution in [2.24, 2.45) is 11.7 Å². The van der Waals surface area contributed by atoms with Crippen molar-refractivity contribution in [3.8, 4) is 0 Å². The van der Waals surface area contributed by atoms with Crippen molar-refractivity contribution in [2.45, 2.75) is 31.8 Å². The van der Waals surface area contributed by atoms with Crippen molar-refractivity contribution in [3.05, 3.63) is 36.0 Å². The van der Waals surface area contributed by atoms with Gasteiger partial charge in [-0.1, -0.05) is 24.3 Å². The Morgan fingerprint density at radius 3 is 2.74 bits per heavy atom. The number of benzene rings is 1. The molecule has 2 bridgehead atoms. The number of anilines is 1. The van der Waals surface area contributed by atoms with Crippen molar-refractivity contribution < 1.29 is 0 Å². The van der Waals surface area contributed by atoms with Crippen molar-refractivity contribution >= 4 is 16.6 Å². The van der Waals surface area contributed by atoms with Gasteiger partial charge in [0, 0.05) is 30.7 Å². The standard InChI is InChI=1S/C16H19N3/c17-8-12-9-18-16(15-4-2-1-3-14(12)15)19-10-11-5-6-13(19)7-11/h1-4,9,11,13H,5-8,10,17H2. The largest absolute Gasteiger partial charge is 0.353 e. The lowest BCUT2D eigenvalue weighted by atomic mass is 10.1. The molecule has 3 heteroatoms. The smallest absolute Gasteiger partial charge is 0.136 e. The zero-order valence-corrected chi connectivity index (χ0v) is 11.0. The second kappa shape index (κ2) is 4.20. The first-order chi connectivity index (χ1) is 9.36. The molecule has 1 saturated heterocycles. The number of pyridine rings is 1. The predicted octanol–water partition coefficient (Wildman–Crippen LogP) is 2.68. The van der Waals surface area contributed by atoms with Crippen molar-refractivity contribution in [1.29, 1.82) is 0 Å². The van der Waals surface area contributed by atoms with Gasteiger partial charge >= 0.3 is 0 Å². The Kier molecular flexibility index (Phi) is 2.49. The highest BCUT2D eigenvalue weighted by atomic mass is 15.2. The molecule has 2 N–H and O–H groups in total. The molecule has 2 heterocycles. The highest BCUT2D eigenvalue weighted by Crippen LogP contribution is 2.41. The Hall–Kier alpha value is -1.61. The van der Waals surface area contributed by atoms with E-state index in [4.69, 9.17) is 10.7 Å². The fraction of sp³-hybridized carbons (Fsp3) is 0.438. The maximum atomic E-state index is 5.83. The van der Waals surface area contributed by atoms with Gasteiger partial charge in [0.15, 0.2) is 0 Å². The molecule has 2 atom stereocenters. The molecule has 98 valence electrons. The Morgan fingerprint density at radius 1 is 1.21 bits per heavy atom. The Morgan fingerprint density at radius 2 is 2.05 bits per heavy atom. The van der Waals surface area contributed by atoms with E-state index in [0.717, 1.165) is 11.5 Å². The van der Waals surface area contributed by atoms with Crippen molar-refractivity contribution in [1.82, 2.24) is 4.98 Å². The van der Waals surface area contributed by atoms with Crippen LogP contribution < -0.4 is 10.6 Å². The average Bonchev–Trinajstić information content (AvgIpc) is 3.08. The monoisotopic (exact) mass is 253 g/mol. The second-order valence-corrected chi connectivity index (χ2v) is 5.84. The van der Waals surface area contributed by atoms with Gasteiger partial charge in [0.05, 0.1) is 0 Å². The Bertz CT molecular complexity index is 622. The highest BCUT2D eigenvalue weighted by molar-refractivity contribution is 5.94. The van der Waals surface area contributed by atoms with E-state index in [9.17, 15) is 0 Å². The SMILES string of the molecule is NCc1cnc(N2CC3CCC2C3)c2ccccc12. The van der Waals surface area contributed by atoms with Crippen LogP contribution in [0.3, 0.4) is 0 Å². The van der Waals surface area contributed by atoms with E-state index < -0.39 is 0 Å². The van der Waals surface area contributed by atoms with Crippen LogP contribution in [0.1, 0.15) is 24.8 Å². The third-order valence-electron chi connectivity index (χ3n) is 4.76. The van der Waals surface area contributed by atoms with Gasteiger partial charge in [0.2, 0.25) is 0 Å². The number of nitrogens with two attached hydrogens (primary N) is 1. The van der Waals surface area contributed by atoms with E-state index >= 15 is 0 Å². The summed E-state index contributed by atoms with van der Waals surface area (Å²) in [6, 6.07) is 9.24. The van der Waals surface area contributed by atoms with Gasteiger partial charge in [-0.2, -0.15) is 0 Å². The van der Waals surface area contributed by atoms with Crippen LogP contribution in [0.25, 0.3) is 10.8 Å². The van der Waals surface area contributed by atoms with Crippen LogP contribution in [-0.4, -0.2) is 17.6 Å². The molecule has 2 aliphatic rings. The molecule has 2 aromatic rings. The minimum atomic E-state index is 0.555. The molecular weight excluding hydrogens is 234 g/mol. The van der Waals surface area contributed by atoms with Crippen molar-refractivity contribution in [3.63, 3.8) is 0 Å². The minimum Gasteiger partial charge on any atom is -0.353 e. The van der Waals surface area contributed by atoms with E-state index in [1.807, 2.05) is 6.20 Å². The van der Waals surface area contributed by atoms with Gasteiger partial charge in [0.1, 0.15) is 5.82 Å². The first-order valence-corrected chi connectivity index (χ1v) is 7.20. The molecule has 0 amide bonds. The number of hydrogen-bond donors (Lipinski definition) is 1. The van der Waals surface area contributed by atoms with Gasteiger partial charge in [-0.05, 0) is 36.1 Å². The van der Waals surface area contributed by atoms with Crippen LogP contribution in [0.2, 0.25) is 0 Å². The van der Waals surface area contributed by atoms with Crippen LogP contribution in [0.5, 0.6) is 0 Å². The summed E-state index contributed by atoms with van der Waals surface area (Å²) in [6.45, 7) is 1.74. The molecule has 1 aromatic heterocycles. The molecule has 1 aliphatic carbocycles. The molecule has 1 saturated carbocycles. The third kappa shape index (κ3) is 1.65. The van der Waals surface area contributed by atoms with Gasteiger partial charge in [-0.25, -0.2) is 4.98 Å². The lowest BCUT2D eigenvalue weighted by Crippen LogP contribution is -2.32. The van der Waals surface area contributed by atoms with E-state index in [-0.39, 0.29) is 0 Å². The summed E-state index contributed by atoms with van der Waals surface area (Å²) >= 11 is 0. The minimum absolute atomic E-state index is 0.555. The number of nitrogens with zero attached hydrogens (tertiary/aromatic N) is 2. The summed E-state index contributed by atoms with van der Waals surface area (Å²) < 4.78 is 0. The Labute approximate surface area is 113 Å². The van der Waals surface area contributed by atoms with Crippen molar-refractivity contribution in [2.75, 3.05) is 11.4 Å². The number of aromatic nitrogens is 1. The number of fused-ring (bicyclic) bond motifs is 3. The molecule has 2 unspecified atom stereocenters. The molecule has 19 heavy (non-hydrogen) atoms. The third-order valence-corrected chi connectivity index (χ3v) is 4.76. The van der Waals surface area contributed by atoms with Gasteiger partial charge in [-0.3, -0.25) is 0 Å². The first kappa shape index (κ1) is 11.2. The number of rotatable bonds is 2.